The third-order valence-corrected chi connectivity index (χ3v) is 6.09. The van der Waals surface area contributed by atoms with Gasteiger partial charge in [0.2, 0.25) is 11.8 Å². The summed E-state index contributed by atoms with van der Waals surface area (Å²) in [4.78, 5) is 30.4. The minimum atomic E-state index is -0.0434. The van der Waals surface area contributed by atoms with Gasteiger partial charge in [-0.2, -0.15) is 0 Å². The van der Waals surface area contributed by atoms with Crippen LogP contribution in [-0.4, -0.2) is 33.7 Å². The van der Waals surface area contributed by atoms with Gasteiger partial charge in [0.25, 0.3) is 0 Å². The van der Waals surface area contributed by atoms with Crippen LogP contribution in [0, 0.1) is 6.92 Å². The molecule has 0 spiro atoms. The second-order valence-electron chi connectivity index (χ2n) is 7.25. The Kier molecular flexibility index (Phi) is 6.18. The second-order valence-corrected chi connectivity index (χ2v) is 8.19. The fourth-order valence-electron chi connectivity index (χ4n) is 3.51. The summed E-state index contributed by atoms with van der Waals surface area (Å²) in [6.45, 7) is 3.30. The lowest BCUT2D eigenvalue weighted by Gasteiger charge is -2.16. The van der Waals surface area contributed by atoms with Crippen LogP contribution in [0.4, 0.5) is 5.69 Å². The number of amides is 2. The van der Waals surface area contributed by atoms with Gasteiger partial charge in [-0.05, 0) is 42.7 Å². The van der Waals surface area contributed by atoms with Crippen LogP contribution in [-0.2, 0) is 16.1 Å². The highest BCUT2D eigenvalue weighted by Gasteiger charge is 2.21. The van der Waals surface area contributed by atoms with Gasteiger partial charge in [-0.1, -0.05) is 42.1 Å². The van der Waals surface area contributed by atoms with Crippen LogP contribution in [0.3, 0.4) is 0 Å². The van der Waals surface area contributed by atoms with Crippen molar-refractivity contribution in [2.24, 2.45) is 0 Å². The fraction of sp³-hybridized carbons (Fsp3) is 0.261. The van der Waals surface area contributed by atoms with E-state index in [9.17, 15) is 9.59 Å². The van der Waals surface area contributed by atoms with E-state index in [4.69, 9.17) is 0 Å². The highest BCUT2D eigenvalue weighted by molar-refractivity contribution is 7.99. The van der Waals surface area contributed by atoms with E-state index in [2.05, 4.69) is 23.3 Å². The highest BCUT2D eigenvalue weighted by Crippen LogP contribution is 2.23. The number of carbonyl (C=O) groups is 2. The Bertz CT molecular complexity index is 1050. The van der Waals surface area contributed by atoms with Crippen LogP contribution in [0.2, 0.25) is 0 Å². The Morgan fingerprint density at radius 3 is 2.70 bits per heavy atom. The molecule has 4 rings (SSSR count). The zero-order valence-electron chi connectivity index (χ0n) is 16.9. The Morgan fingerprint density at radius 2 is 1.97 bits per heavy atom. The molecule has 3 aromatic rings. The van der Waals surface area contributed by atoms with Crippen molar-refractivity contribution in [1.82, 2.24) is 14.9 Å². The van der Waals surface area contributed by atoms with Gasteiger partial charge in [-0.15, -0.1) is 0 Å². The number of aromatic nitrogens is 2. The number of benzene rings is 2. The lowest BCUT2D eigenvalue weighted by atomic mass is 10.2. The number of anilines is 1. The summed E-state index contributed by atoms with van der Waals surface area (Å²) in [7, 11) is 0. The van der Waals surface area contributed by atoms with Crippen molar-refractivity contribution in [3.63, 3.8) is 0 Å². The molecule has 2 aromatic carbocycles. The first-order valence-corrected chi connectivity index (χ1v) is 11.0. The molecule has 1 saturated heterocycles. The number of rotatable bonds is 7. The van der Waals surface area contributed by atoms with Gasteiger partial charge in [0.1, 0.15) is 0 Å². The van der Waals surface area contributed by atoms with Crippen molar-refractivity contribution in [2.75, 3.05) is 17.2 Å². The average molecular weight is 421 g/mol. The van der Waals surface area contributed by atoms with E-state index < -0.39 is 0 Å². The number of carbonyl (C=O) groups excluding carboxylic acids is 2. The number of thioether (sulfide) groups is 1. The summed E-state index contributed by atoms with van der Waals surface area (Å²) in [5, 5.41) is 3.74. The quantitative estimate of drug-likeness (QED) is 0.592. The molecule has 1 aliphatic rings. The molecule has 30 heavy (non-hydrogen) atoms. The molecule has 0 atom stereocenters. The molecule has 2 heterocycles. The minimum Gasteiger partial charge on any atom is -0.351 e. The molecule has 0 bridgehead atoms. The van der Waals surface area contributed by atoms with Gasteiger partial charge in [0, 0.05) is 37.6 Å². The van der Waals surface area contributed by atoms with Gasteiger partial charge >= 0.3 is 0 Å². The summed E-state index contributed by atoms with van der Waals surface area (Å²) in [5.74, 6) is 0.429. The minimum absolute atomic E-state index is 0.0434. The Balaban J connectivity index is 1.30. The molecule has 1 fully saturated rings. The highest BCUT2D eigenvalue weighted by atomic mass is 32.2. The molecular formula is C23H24N4O2S. The SMILES string of the molecule is Cc1ccccc1-n1ccnc1SCC(=O)NCc1ccc(N2CCCC2=O)cc1. The van der Waals surface area contributed by atoms with E-state index >= 15 is 0 Å². The Morgan fingerprint density at radius 1 is 1.17 bits per heavy atom. The van der Waals surface area contributed by atoms with Gasteiger partial charge in [-0.25, -0.2) is 4.98 Å². The zero-order valence-corrected chi connectivity index (χ0v) is 17.7. The van der Waals surface area contributed by atoms with Gasteiger partial charge in [0.05, 0.1) is 11.4 Å². The van der Waals surface area contributed by atoms with Crippen LogP contribution in [0.15, 0.2) is 66.1 Å². The summed E-state index contributed by atoms with van der Waals surface area (Å²) >= 11 is 1.42. The van der Waals surface area contributed by atoms with Crippen molar-refractivity contribution in [2.45, 2.75) is 31.5 Å². The van der Waals surface area contributed by atoms with Crippen LogP contribution < -0.4 is 10.2 Å². The van der Waals surface area contributed by atoms with Gasteiger partial charge < -0.3 is 10.2 Å². The number of nitrogens with one attached hydrogen (secondary N) is 1. The maximum atomic E-state index is 12.3. The first-order valence-electron chi connectivity index (χ1n) is 10.00. The van der Waals surface area contributed by atoms with Crippen LogP contribution in [0.1, 0.15) is 24.0 Å². The van der Waals surface area contributed by atoms with E-state index in [0.29, 0.717) is 18.7 Å². The average Bonchev–Trinajstić information content (AvgIpc) is 3.40. The van der Waals surface area contributed by atoms with Gasteiger partial charge in [0.15, 0.2) is 5.16 Å². The molecule has 0 unspecified atom stereocenters. The molecule has 1 N–H and O–H groups in total. The smallest absolute Gasteiger partial charge is 0.230 e. The number of para-hydroxylation sites is 1. The monoisotopic (exact) mass is 420 g/mol. The van der Waals surface area contributed by atoms with Crippen molar-refractivity contribution in [3.05, 3.63) is 72.1 Å². The van der Waals surface area contributed by atoms with Gasteiger partial charge in [-0.3, -0.25) is 14.2 Å². The maximum Gasteiger partial charge on any atom is 0.230 e. The first kappa shape index (κ1) is 20.2. The molecule has 2 amide bonds. The topological polar surface area (TPSA) is 67.2 Å². The molecule has 1 aromatic heterocycles. The maximum absolute atomic E-state index is 12.3. The van der Waals surface area contributed by atoms with E-state index in [1.165, 1.54) is 11.8 Å². The molecule has 6 nitrogen and oxygen atoms in total. The van der Waals surface area contributed by atoms with Crippen molar-refractivity contribution >= 4 is 29.3 Å². The summed E-state index contributed by atoms with van der Waals surface area (Å²) in [5.41, 5.74) is 4.15. The lowest BCUT2D eigenvalue weighted by Crippen LogP contribution is -2.25. The molecule has 154 valence electrons. The van der Waals surface area contributed by atoms with Crippen molar-refractivity contribution < 1.29 is 9.59 Å². The summed E-state index contributed by atoms with van der Waals surface area (Å²) in [6.07, 6.45) is 5.20. The third kappa shape index (κ3) is 4.57. The molecular weight excluding hydrogens is 396 g/mol. The van der Waals surface area contributed by atoms with Crippen molar-refractivity contribution in [3.8, 4) is 5.69 Å². The van der Waals surface area contributed by atoms with Crippen LogP contribution in [0.25, 0.3) is 5.69 Å². The largest absolute Gasteiger partial charge is 0.351 e. The summed E-state index contributed by atoms with van der Waals surface area (Å²) in [6, 6.07) is 15.9. The van der Waals surface area contributed by atoms with E-state index in [1.807, 2.05) is 58.1 Å². The predicted octanol–water partition coefficient (Wildman–Crippen LogP) is 3.72. The number of aryl methyl sites for hydroxylation is 1. The first-order chi connectivity index (χ1) is 14.6. The zero-order chi connectivity index (χ0) is 20.9. The molecule has 0 aliphatic carbocycles. The molecule has 0 radical (unpaired) electrons. The van der Waals surface area contributed by atoms with E-state index in [1.54, 1.807) is 6.20 Å². The number of hydrogen-bond donors (Lipinski definition) is 1. The third-order valence-electron chi connectivity index (χ3n) is 5.13. The normalized spacial score (nSPS) is 13.6. The molecule has 1 aliphatic heterocycles. The van der Waals surface area contributed by atoms with E-state index in [-0.39, 0.29) is 11.8 Å². The van der Waals surface area contributed by atoms with E-state index in [0.717, 1.165) is 40.6 Å². The van der Waals surface area contributed by atoms with Crippen molar-refractivity contribution in [1.29, 1.82) is 0 Å². The number of hydrogen-bond acceptors (Lipinski definition) is 4. The Hall–Kier alpha value is -3.06. The second kappa shape index (κ2) is 9.17. The Labute approximate surface area is 180 Å². The lowest BCUT2D eigenvalue weighted by molar-refractivity contribution is -0.119. The molecule has 7 heteroatoms. The summed E-state index contributed by atoms with van der Waals surface area (Å²) < 4.78 is 2.01. The molecule has 0 saturated carbocycles. The number of nitrogens with zero attached hydrogens (tertiary/aromatic N) is 3. The fourth-order valence-corrected chi connectivity index (χ4v) is 4.31. The standard InChI is InChI=1S/C23H24N4O2S/c1-17-5-2-3-6-20(17)27-14-12-24-23(27)30-16-21(28)25-15-18-8-10-19(11-9-18)26-13-4-7-22(26)29/h2-3,5-6,8-12,14H,4,7,13,15-16H2,1H3,(H,25,28). The predicted molar refractivity (Wildman–Crippen MR) is 119 cm³/mol. The van der Waals surface area contributed by atoms with Crippen LogP contribution in [0.5, 0.6) is 0 Å². The number of imidazole rings is 1. The van der Waals surface area contributed by atoms with Crippen LogP contribution >= 0.6 is 11.8 Å².